The van der Waals surface area contributed by atoms with Gasteiger partial charge in [-0.15, -0.1) is 0 Å². The van der Waals surface area contributed by atoms with E-state index in [0.717, 1.165) is 19.5 Å². The van der Waals surface area contributed by atoms with E-state index in [2.05, 4.69) is 22.0 Å². The van der Waals surface area contributed by atoms with E-state index >= 15 is 0 Å². The van der Waals surface area contributed by atoms with Crippen LogP contribution in [-0.2, 0) is 4.79 Å². The van der Waals surface area contributed by atoms with Gasteiger partial charge in [-0.1, -0.05) is 13.3 Å². The van der Waals surface area contributed by atoms with Crippen LogP contribution in [0.15, 0.2) is 0 Å². The van der Waals surface area contributed by atoms with Crippen LogP contribution >= 0.6 is 0 Å². The Hall–Kier alpha value is -0.610. The minimum absolute atomic E-state index is 0.0930. The first-order valence-electron chi connectivity index (χ1n) is 7.09. The number of rotatable bonds is 3. The van der Waals surface area contributed by atoms with Gasteiger partial charge in [0, 0.05) is 18.6 Å². The maximum Gasteiger partial charge on any atom is 0.241 e. The van der Waals surface area contributed by atoms with Gasteiger partial charge >= 0.3 is 0 Å². The summed E-state index contributed by atoms with van der Waals surface area (Å²) in [7, 11) is 0. The van der Waals surface area contributed by atoms with Crippen LogP contribution < -0.4 is 5.32 Å². The predicted molar refractivity (Wildman–Crippen MR) is 66.5 cm³/mol. The Morgan fingerprint density at radius 2 is 2.18 bits per heavy atom. The fraction of sp³-hybridized carbons (Fsp3) is 0.923. The van der Waals surface area contributed by atoms with Gasteiger partial charge in [0.2, 0.25) is 5.91 Å². The number of hydrogen-bond donors (Lipinski definition) is 1. The van der Waals surface area contributed by atoms with Crippen LogP contribution in [0.1, 0.15) is 39.0 Å². The first kappa shape index (κ1) is 11.5. The van der Waals surface area contributed by atoms with Crippen molar-refractivity contribution in [3.8, 4) is 0 Å². The summed E-state index contributed by atoms with van der Waals surface area (Å²) in [5, 5.41) is 3.37. The highest BCUT2D eigenvalue weighted by molar-refractivity contribution is 5.84. The molecule has 3 saturated heterocycles. The van der Waals surface area contributed by atoms with Crippen molar-refractivity contribution in [2.75, 3.05) is 19.8 Å². The topological polar surface area (TPSA) is 35.6 Å². The van der Waals surface area contributed by atoms with Gasteiger partial charge in [-0.2, -0.15) is 0 Å². The molecule has 3 heterocycles. The van der Waals surface area contributed by atoms with Crippen LogP contribution in [0.3, 0.4) is 0 Å². The third kappa shape index (κ3) is 1.87. The minimum Gasteiger partial charge on any atom is -0.324 e. The van der Waals surface area contributed by atoms with Crippen molar-refractivity contribution in [1.29, 1.82) is 0 Å². The molecule has 0 bridgehead atoms. The van der Waals surface area contributed by atoms with Crippen LogP contribution in [0.5, 0.6) is 0 Å². The SMILES string of the molecule is CCCC1NCN(C2CCN3CCCC23)C1=O. The Morgan fingerprint density at radius 1 is 1.29 bits per heavy atom. The first-order chi connectivity index (χ1) is 8.31. The summed E-state index contributed by atoms with van der Waals surface area (Å²) >= 11 is 0. The maximum absolute atomic E-state index is 12.3. The van der Waals surface area contributed by atoms with E-state index in [1.165, 1.54) is 32.4 Å². The number of hydrogen-bond acceptors (Lipinski definition) is 3. The summed E-state index contributed by atoms with van der Waals surface area (Å²) in [6, 6.07) is 1.23. The lowest BCUT2D eigenvalue weighted by molar-refractivity contribution is -0.131. The summed E-state index contributed by atoms with van der Waals surface area (Å²) < 4.78 is 0. The largest absolute Gasteiger partial charge is 0.324 e. The maximum atomic E-state index is 12.3. The van der Waals surface area contributed by atoms with Gasteiger partial charge in [-0.25, -0.2) is 0 Å². The van der Waals surface area contributed by atoms with Gasteiger partial charge in [0.1, 0.15) is 0 Å². The van der Waals surface area contributed by atoms with Crippen LogP contribution in [0.2, 0.25) is 0 Å². The minimum atomic E-state index is 0.0930. The molecule has 3 atom stereocenters. The molecule has 3 aliphatic rings. The highest BCUT2D eigenvalue weighted by atomic mass is 16.2. The molecule has 96 valence electrons. The van der Waals surface area contributed by atoms with E-state index in [0.29, 0.717) is 18.0 Å². The zero-order valence-electron chi connectivity index (χ0n) is 10.7. The highest BCUT2D eigenvalue weighted by Gasteiger charge is 2.44. The van der Waals surface area contributed by atoms with Crippen molar-refractivity contribution in [1.82, 2.24) is 15.1 Å². The Labute approximate surface area is 103 Å². The molecule has 0 aromatic heterocycles. The van der Waals surface area contributed by atoms with Crippen molar-refractivity contribution in [3.63, 3.8) is 0 Å². The van der Waals surface area contributed by atoms with Crippen molar-refractivity contribution < 1.29 is 4.79 Å². The molecule has 0 aliphatic carbocycles. The molecular formula is C13H23N3O. The number of amides is 1. The normalized spacial score (nSPS) is 38.1. The van der Waals surface area contributed by atoms with Crippen molar-refractivity contribution >= 4 is 5.91 Å². The molecule has 3 rings (SSSR count). The fourth-order valence-electron chi connectivity index (χ4n) is 3.79. The third-order valence-corrected chi connectivity index (χ3v) is 4.64. The van der Waals surface area contributed by atoms with Gasteiger partial charge in [0.05, 0.1) is 12.7 Å². The molecule has 0 aromatic carbocycles. The molecule has 4 heteroatoms. The summed E-state index contributed by atoms with van der Waals surface area (Å²) in [6.07, 6.45) is 5.84. The third-order valence-electron chi connectivity index (χ3n) is 4.64. The Balaban J connectivity index is 1.67. The van der Waals surface area contributed by atoms with Gasteiger partial charge < -0.3 is 4.90 Å². The monoisotopic (exact) mass is 237 g/mol. The smallest absolute Gasteiger partial charge is 0.241 e. The van der Waals surface area contributed by atoms with Crippen LogP contribution in [0.4, 0.5) is 0 Å². The number of nitrogens with zero attached hydrogens (tertiary/aromatic N) is 2. The van der Waals surface area contributed by atoms with Crippen LogP contribution in [0, 0.1) is 0 Å². The molecule has 17 heavy (non-hydrogen) atoms. The number of carbonyl (C=O) groups excluding carboxylic acids is 1. The van der Waals surface area contributed by atoms with E-state index in [1.54, 1.807) is 0 Å². The van der Waals surface area contributed by atoms with Crippen molar-refractivity contribution in [2.45, 2.75) is 57.2 Å². The molecule has 3 fully saturated rings. The van der Waals surface area contributed by atoms with E-state index in [-0.39, 0.29) is 6.04 Å². The Kier molecular flexibility index (Phi) is 3.09. The number of carbonyl (C=O) groups is 1. The molecule has 4 nitrogen and oxygen atoms in total. The first-order valence-corrected chi connectivity index (χ1v) is 7.09. The van der Waals surface area contributed by atoms with E-state index in [1.807, 2.05) is 0 Å². The lowest BCUT2D eigenvalue weighted by Gasteiger charge is -2.28. The summed E-state index contributed by atoms with van der Waals surface area (Å²) in [6.45, 7) is 5.36. The molecule has 0 aromatic rings. The van der Waals surface area contributed by atoms with Crippen molar-refractivity contribution in [3.05, 3.63) is 0 Å². The average Bonchev–Trinajstić information content (AvgIpc) is 2.97. The van der Waals surface area contributed by atoms with E-state index < -0.39 is 0 Å². The zero-order chi connectivity index (χ0) is 11.8. The average molecular weight is 237 g/mol. The van der Waals surface area contributed by atoms with Gasteiger partial charge in [0.15, 0.2) is 0 Å². The molecular weight excluding hydrogens is 214 g/mol. The van der Waals surface area contributed by atoms with E-state index in [9.17, 15) is 4.79 Å². The van der Waals surface area contributed by atoms with Crippen LogP contribution in [-0.4, -0.2) is 53.6 Å². The molecule has 1 N–H and O–H groups in total. The molecule has 0 radical (unpaired) electrons. The number of nitrogens with one attached hydrogen (secondary N) is 1. The highest BCUT2D eigenvalue weighted by Crippen LogP contribution is 2.32. The second-order valence-corrected chi connectivity index (χ2v) is 5.61. The summed E-state index contributed by atoms with van der Waals surface area (Å²) in [5.74, 6) is 0.352. The standard InChI is InChI=1S/C13H23N3O/c1-2-4-10-13(17)16(9-14-10)12-6-8-15-7-3-5-11(12)15/h10-12,14H,2-9H2,1H3. The van der Waals surface area contributed by atoms with E-state index in [4.69, 9.17) is 0 Å². The molecule has 0 saturated carbocycles. The Bertz CT molecular complexity index is 307. The summed E-state index contributed by atoms with van der Waals surface area (Å²) in [5.41, 5.74) is 0. The van der Waals surface area contributed by atoms with Gasteiger partial charge in [0.25, 0.3) is 0 Å². The fourth-order valence-corrected chi connectivity index (χ4v) is 3.79. The van der Waals surface area contributed by atoms with Gasteiger partial charge in [-0.3, -0.25) is 15.0 Å². The molecule has 0 spiro atoms. The molecule has 3 unspecified atom stereocenters. The Morgan fingerprint density at radius 3 is 3.00 bits per heavy atom. The lowest BCUT2D eigenvalue weighted by Crippen LogP contribution is -2.44. The summed E-state index contributed by atoms with van der Waals surface area (Å²) in [4.78, 5) is 17.0. The number of fused-ring (bicyclic) bond motifs is 1. The van der Waals surface area contributed by atoms with Crippen molar-refractivity contribution in [2.24, 2.45) is 0 Å². The second-order valence-electron chi connectivity index (χ2n) is 5.61. The predicted octanol–water partition coefficient (Wildman–Crippen LogP) is 0.781. The van der Waals surface area contributed by atoms with Crippen LogP contribution in [0.25, 0.3) is 0 Å². The molecule has 3 aliphatic heterocycles. The quantitative estimate of drug-likeness (QED) is 0.788. The molecule has 1 amide bonds. The lowest BCUT2D eigenvalue weighted by atomic mass is 10.0. The van der Waals surface area contributed by atoms with Gasteiger partial charge in [-0.05, 0) is 32.2 Å². The zero-order valence-corrected chi connectivity index (χ0v) is 10.7. The second kappa shape index (κ2) is 4.58.